The molecule has 0 saturated carbocycles. The Bertz CT molecular complexity index is 2250. The molecule has 346 valence electrons. The minimum atomic E-state index is -1.97. The van der Waals surface area contributed by atoms with Crippen molar-refractivity contribution in [3.63, 3.8) is 0 Å². The van der Waals surface area contributed by atoms with Gasteiger partial charge < -0.3 is 33.3 Å². The second-order valence-electron chi connectivity index (χ2n) is 18.0. The van der Waals surface area contributed by atoms with Gasteiger partial charge in [0.25, 0.3) is 14.4 Å². The summed E-state index contributed by atoms with van der Waals surface area (Å²) in [7, 11) is -1.33. The first-order valence-electron chi connectivity index (χ1n) is 21.0. The van der Waals surface area contributed by atoms with E-state index in [9.17, 15) is 19.2 Å². The van der Waals surface area contributed by atoms with Crippen LogP contribution < -0.4 is 19.5 Å². The molecule has 1 N–H and O–H groups in total. The summed E-state index contributed by atoms with van der Waals surface area (Å²) in [5.74, 6) is -2.58. The van der Waals surface area contributed by atoms with Crippen LogP contribution in [-0.4, -0.2) is 60.3 Å². The number of carbonyl (C=O) groups is 4. The largest absolute Gasteiger partial charge is 0.456 e. The molecule has 5 rings (SSSR count). The van der Waals surface area contributed by atoms with E-state index in [1.807, 2.05) is 0 Å². The van der Waals surface area contributed by atoms with Gasteiger partial charge in [0.15, 0.2) is 17.1 Å². The fraction of sp³-hybridized carbons (Fsp3) is 0.500. The van der Waals surface area contributed by atoms with E-state index in [2.05, 4.69) is 43.8 Å². The Balaban J connectivity index is 1.43. The fourth-order valence-corrected chi connectivity index (χ4v) is 9.67. The normalized spacial score (nSPS) is 14.4. The number of benzene rings is 3. The lowest BCUT2D eigenvalue weighted by Crippen LogP contribution is -2.34. The SMILES string of the molecule is CC(C)N(C(C)C)P(OCCC#N)OCCCCCCNC(=O)c1cc(Cl)c2c(c1Cl)C1(OC2=O)c2cc(Cl)c(OC(=O)C(C)(C)C)cc2Oc2cc(OC(=O)C(C)(C)C)c(Cl)cc21. The van der Waals surface area contributed by atoms with Crippen LogP contribution >= 0.6 is 54.9 Å². The third-order valence-corrected chi connectivity index (χ3v) is 13.5. The summed E-state index contributed by atoms with van der Waals surface area (Å²) in [5, 5.41) is 11.6. The predicted octanol–water partition coefficient (Wildman–Crippen LogP) is 12.4. The van der Waals surface area contributed by atoms with Crippen molar-refractivity contribution in [2.75, 3.05) is 19.8 Å². The van der Waals surface area contributed by atoms with Crippen molar-refractivity contribution in [3.05, 3.63) is 78.2 Å². The molecule has 0 fully saturated rings. The highest BCUT2D eigenvalue weighted by molar-refractivity contribution is 7.44. The Morgan fingerprint density at radius 3 is 1.80 bits per heavy atom. The molecular weight excluding hydrogens is 927 g/mol. The molecule has 1 amide bonds. The molecule has 64 heavy (non-hydrogen) atoms. The van der Waals surface area contributed by atoms with E-state index in [1.54, 1.807) is 41.5 Å². The lowest BCUT2D eigenvalue weighted by atomic mass is 9.77. The molecule has 0 bridgehead atoms. The quantitative estimate of drug-likeness (QED) is 0.0590. The maximum atomic E-state index is 14.0. The maximum absolute atomic E-state index is 14.0. The minimum absolute atomic E-state index is 0.0266. The summed E-state index contributed by atoms with van der Waals surface area (Å²) >= 11 is 27.6. The van der Waals surface area contributed by atoms with Crippen LogP contribution in [0.15, 0.2) is 30.3 Å². The van der Waals surface area contributed by atoms with Crippen LogP contribution in [-0.2, 0) is 29.0 Å². The van der Waals surface area contributed by atoms with Crippen LogP contribution in [0.2, 0.25) is 20.1 Å². The number of amides is 1. The number of fused-ring (bicyclic) bond motifs is 6. The van der Waals surface area contributed by atoms with E-state index in [1.165, 1.54) is 30.3 Å². The van der Waals surface area contributed by atoms with Gasteiger partial charge in [-0.1, -0.05) is 59.2 Å². The predicted molar refractivity (Wildman–Crippen MR) is 247 cm³/mol. The molecule has 1 unspecified atom stereocenters. The lowest BCUT2D eigenvalue weighted by Gasteiger charge is -2.37. The highest BCUT2D eigenvalue weighted by Gasteiger charge is 2.57. The van der Waals surface area contributed by atoms with Crippen LogP contribution in [0.5, 0.6) is 23.0 Å². The molecule has 0 aliphatic carbocycles. The van der Waals surface area contributed by atoms with E-state index in [0.29, 0.717) is 26.2 Å². The van der Waals surface area contributed by atoms with Crippen molar-refractivity contribution in [1.82, 2.24) is 9.99 Å². The first kappa shape index (κ1) is 51.3. The Kier molecular flexibility index (Phi) is 16.7. The second kappa shape index (κ2) is 20.9. The van der Waals surface area contributed by atoms with E-state index < -0.39 is 48.8 Å². The Morgan fingerprint density at radius 2 is 1.30 bits per heavy atom. The van der Waals surface area contributed by atoms with Crippen molar-refractivity contribution in [3.8, 4) is 29.1 Å². The first-order chi connectivity index (χ1) is 29.9. The molecular formula is C46H54Cl4N3O10P. The molecule has 2 aliphatic heterocycles. The Labute approximate surface area is 396 Å². The summed E-state index contributed by atoms with van der Waals surface area (Å²) in [4.78, 5) is 53.9. The molecule has 3 aromatic rings. The molecule has 18 heteroatoms. The van der Waals surface area contributed by atoms with Crippen molar-refractivity contribution < 1.29 is 47.2 Å². The number of hydrogen-bond acceptors (Lipinski definition) is 12. The first-order valence-corrected chi connectivity index (χ1v) is 23.6. The number of esters is 3. The number of carbonyl (C=O) groups excluding carboxylic acids is 4. The van der Waals surface area contributed by atoms with Crippen molar-refractivity contribution in [2.45, 2.75) is 119 Å². The summed E-state index contributed by atoms with van der Waals surface area (Å²) in [6, 6.07) is 9.41. The zero-order valence-corrected chi connectivity index (χ0v) is 41.6. The van der Waals surface area contributed by atoms with Crippen LogP contribution in [0.3, 0.4) is 0 Å². The van der Waals surface area contributed by atoms with Gasteiger partial charge in [-0.3, -0.25) is 14.4 Å². The van der Waals surface area contributed by atoms with Gasteiger partial charge in [-0.25, -0.2) is 9.46 Å². The zero-order chi connectivity index (χ0) is 47.5. The van der Waals surface area contributed by atoms with Gasteiger partial charge in [0, 0.05) is 47.5 Å². The standard InChI is InChI=1S/C46H54Cl4N3O10P/c1-25(2)53(26(3)4)64(59-19-15-16-51)58-18-14-12-11-13-17-52-40(54)27-20-32(49)37-38(39(27)50)46(63-41(37)55)28-21-30(47)35(61-42(56)44(5,6)7)23-33(28)60-34-24-36(31(48)22-29(34)46)62-43(57)45(8,9)10/h20-26H,11-15,17-19H2,1-10H3,(H,52,54). The maximum Gasteiger partial charge on any atom is 0.341 e. The number of unbranched alkanes of at least 4 members (excludes halogenated alkanes) is 3. The fourth-order valence-electron chi connectivity index (χ4n) is 6.99. The van der Waals surface area contributed by atoms with Gasteiger partial charge in [0.1, 0.15) is 11.5 Å². The molecule has 0 aromatic heterocycles. The summed E-state index contributed by atoms with van der Waals surface area (Å²) in [6.45, 7) is 19.5. The third kappa shape index (κ3) is 11.1. The summed E-state index contributed by atoms with van der Waals surface area (Å²) in [6.07, 6.45) is 3.31. The Hall–Kier alpha value is -3.70. The molecule has 1 spiro atoms. The average molecular weight is 982 g/mol. The highest BCUT2D eigenvalue weighted by Crippen LogP contribution is 2.61. The number of hydrogen-bond donors (Lipinski definition) is 1. The number of nitriles is 1. The monoisotopic (exact) mass is 979 g/mol. The van der Waals surface area contributed by atoms with Gasteiger partial charge >= 0.3 is 17.9 Å². The highest BCUT2D eigenvalue weighted by atomic mass is 35.5. The second-order valence-corrected chi connectivity index (χ2v) is 21.1. The van der Waals surface area contributed by atoms with Crippen molar-refractivity contribution >= 4 is 78.7 Å². The molecule has 2 heterocycles. The van der Waals surface area contributed by atoms with Gasteiger partial charge in [0.05, 0.1) is 67.8 Å². The number of ether oxygens (including phenoxy) is 4. The summed E-state index contributed by atoms with van der Waals surface area (Å²) in [5.41, 5.74) is -3.55. The lowest BCUT2D eigenvalue weighted by molar-refractivity contribution is -0.143. The average Bonchev–Trinajstić information content (AvgIpc) is 3.51. The van der Waals surface area contributed by atoms with E-state index >= 15 is 0 Å². The molecule has 3 aromatic carbocycles. The van der Waals surface area contributed by atoms with Crippen LogP contribution in [0.4, 0.5) is 0 Å². The molecule has 1 atom stereocenters. The molecule has 2 aliphatic rings. The third-order valence-electron chi connectivity index (χ3n) is 10.2. The molecule has 0 saturated heterocycles. The van der Waals surface area contributed by atoms with Crippen LogP contribution in [0.1, 0.15) is 139 Å². The number of rotatable bonds is 17. The minimum Gasteiger partial charge on any atom is -0.456 e. The van der Waals surface area contributed by atoms with Gasteiger partial charge in [0.2, 0.25) is 0 Å². The van der Waals surface area contributed by atoms with Crippen molar-refractivity contribution in [1.29, 1.82) is 5.26 Å². The topological polar surface area (TPSA) is 163 Å². The van der Waals surface area contributed by atoms with Gasteiger partial charge in [-0.15, -0.1) is 0 Å². The number of halogens is 4. The van der Waals surface area contributed by atoms with Crippen LogP contribution in [0, 0.1) is 22.2 Å². The Morgan fingerprint density at radius 1 is 0.781 bits per heavy atom. The van der Waals surface area contributed by atoms with E-state index in [0.717, 1.165) is 19.3 Å². The number of nitrogens with zero attached hydrogens (tertiary/aromatic N) is 2. The van der Waals surface area contributed by atoms with E-state index in [4.69, 9.17) is 79.7 Å². The number of nitrogens with one attached hydrogen (secondary N) is 1. The smallest absolute Gasteiger partial charge is 0.341 e. The molecule has 0 radical (unpaired) electrons. The van der Waals surface area contributed by atoms with Crippen molar-refractivity contribution in [2.24, 2.45) is 10.8 Å². The zero-order valence-electron chi connectivity index (χ0n) is 37.6. The van der Waals surface area contributed by atoms with Gasteiger partial charge in [-0.2, -0.15) is 5.26 Å². The molecule has 13 nitrogen and oxygen atoms in total. The summed E-state index contributed by atoms with van der Waals surface area (Å²) < 4.78 is 38.4. The van der Waals surface area contributed by atoms with Gasteiger partial charge in [-0.05, 0) is 100 Å². The van der Waals surface area contributed by atoms with E-state index in [-0.39, 0.29) is 89.4 Å². The van der Waals surface area contributed by atoms with Crippen LogP contribution in [0.25, 0.3) is 0 Å².